The van der Waals surface area contributed by atoms with Gasteiger partial charge in [-0.1, -0.05) is 60.7 Å². The molecule has 4 nitrogen and oxygen atoms in total. The molecule has 0 spiro atoms. The van der Waals surface area contributed by atoms with Gasteiger partial charge in [-0.25, -0.2) is 0 Å². The van der Waals surface area contributed by atoms with Gasteiger partial charge in [0.2, 0.25) is 0 Å². The van der Waals surface area contributed by atoms with Crippen LogP contribution in [0.4, 0.5) is 0 Å². The molecule has 1 aliphatic rings. The second-order valence-electron chi connectivity index (χ2n) is 7.06. The standard InChI is InChI=1S/C23H25N3O/c27-23(21-17-24-22-11-5-4-10-20(21)22)18-26-15-13-25(14-16-26)12-6-9-19-7-2-1-3-8-19/h1-11,17,24H,12-16,18H2/b9-6+. The lowest BCUT2D eigenvalue weighted by molar-refractivity contribution is 0.0866. The Kier molecular flexibility index (Phi) is 5.47. The lowest BCUT2D eigenvalue weighted by Gasteiger charge is -2.33. The molecule has 2 heterocycles. The van der Waals surface area contributed by atoms with E-state index in [4.69, 9.17) is 0 Å². The van der Waals surface area contributed by atoms with E-state index in [1.165, 1.54) is 5.56 Å². The van der Waals surface area contributed by atoms with Gasteiger partial charge in [0, 0.05) is 55.4 Å². The number of rotatable bonds is 6. The first kappa shape index (κ1) is 17.7. The lowest BCUT2D eigenvalue weighted by Crippen LogP contribution is -2.47. The van der Waals surface area contributed by atoms with Gasteiger partial charge in [0.25, 0.3) is 0 Å². The Hall–Kier alpha value is -2.69. The molecule has 1 aliphatic heterocycles. The number of Topliss-reactive ketones (excluding diaryl/α,β-unsaturated/α-hetero) is 1. The van der Waals surface area contributed by atoms with Crippen LogP contribution in [0.3, 0.4) is 0 Å². The Balaban J connectivity index is 1.27. The number of aromatic amines is 1. The highest BCUT2D eigenvalue weighted by molar-refractivity contribution is 6.08. The molecule has 0 radical (unpaired) electrons. The fourth-order valence-corrected chi connectivity index (χ4v) is 3.62. The maximum Gasteiger partial charge on any atom is 0.178 e. The largest absolute Gasteiger partial charge is 0.360 e. The Bertz CT molecular complexity index is 921. The Morgan fingerprint density at radius 3 is 2.44 bits per heavy atom. The number of aromatic nitrogens is 1. The van der Waals surface area contributed by atoms with E-state index in [9.17, 15) is 4.79 Å². The molecule has 0 unspecified atom stereocenters. The number of carbonyl (C=O) groups excluding carboxylic acids is 1. The van der Waals surface area contributed by atoms with Crippen LogP contribution < -0.4 is 0 Å². The molecule has 1 saturated heterocycles. The van der Waals surface area contributed by atoms with Crippen molar-refractivity contribution in [2.45, 2.75) is 0 Å². The van der Waals surface area contributed by atoms with Crippen molar-refractivity contribution in [2.24, 2.45) is 0 Å². The van der Waals surface area contributed by atoms with Crippen molar-refractivity contribution in [3.05, 3.63) is 78.0 Å². The van der Waals surface area contributed by atoms with Crippen LogP contribution in [0.1, 0.15) is 15.9 Å². The number of para-hydroxylation sites is 1. The first-order valence-corrected chi connectivity index (χ1v) is 9.55. The van der Waals surface area contributed by atoms with Crippen LogP contribution in [0.15, 0.2) is 66.9 Å². The van der Waals surface area contributed by atoms with E-state index in [1.807, 2.05) is 36.5 Å². The van der Waals surface area contributed by atoms with E-state index < -0.39 is 0 Å². The molecule has 0 saturated carbocycles. The third kappa shape index (κ3) is 4.35. The first-order chi connectivity index (χ1) is 13.3. The van der Waals surface area contributed by atoms with Gasteiger partial charge in [-0.05, 0) is 11.6 Å². The molecular formula is C23H25N3O. The van der Waals surface area contributed by atoms with Gasteiger partial charge >= 0.3 is 0 Å². The van der Waals surface area contributed by atoms with Crippen LogP contribution in [0.5, 0.6) is 0 Å². The van der Waals surface area contributed by atoms with E-state index in [-0.39, 0.29) is 5.78 Å². The van der Waals surface area contributed by atoms with E-state index >= 15 is 0 Å². The molecule has 0 atom stereocenters. The molecule has 0 aliphatic carbocycles. The summed E-state index contributed by atoms with van der Waals surface area (Å²) in [7, 11) is 0. The van der Waals surface area contributed by atoms with E-state index in [0.717, 1.165) is 49.2 Å². The zero-order valence-electron chi connectivity index (χ0n) is 15.5. The second-order valence-corrected chi connectivity index (χ2v) is 7.06. The SMILES string of the molecule is O=C(CN1CCN(C/C=C/c2ccccc2)CC1)c1c[nH]c2ccccc12. The summed E-state index contributed by atoms with van der Waals surface area (Å²) in [5, 5.41) is 1.02. The number of carbonyl (C=O) groups is 1. The van der Waals surface area contributed by atoms with Crippen molar-refractivity contribution in [3.8, 4) is 0 Å². The smallest absolute Gasteiger partial charge is 0.178 e. The Morgan fingerprint density at radius 2 is 1.63 bits per heavy atom. The summed E-state index contributed by atoms with van der Waals surface area (Å²) in [6.07, 6.45) is 6.24. The van der Waals surface area contributed by atoms with Crippen LogP contribution in [0.25, 0.3) is 17.0 Å². The highest BCUT2D eigenvalue weighted by Crippen LogP contribution is 2.18. The van der Waals surface area contributed by atoms with Crippen molar-refractivity contribution in [2.75, 3.05) is 39.3 Å². The van der Waals surface area contributed by atoms with Gasteiger partial charge in [0.05, 0.1) is 6.54 Å². The highest BCUT2D eigenvalue weighted by atomic mass is 16.1. The Morgan fingerprint density at radius 1 is 0.926 bits per heavy atom. The van der Waals surface area contributed by atoms with Crippen molar-refractivity contribution >= 4 is 22.8 Å². The molecule has 3 aromatic rings. The highest BCUT2D eigenvalue weighted by Gasteiger charge is 2.20. The Labute approximate surface area is 160 Å². The number of hydrogen-bond acceptors (Lipinski definition) is 3. The molecule has 138 valence electrons. The maximum atomic E-state index is 12.7. The van der Waals surface area contributed by atoms with Gasteiger partial charge in [-0.15, -0.1) is 0 Å². The zero-order valence-corrected chi connectivity index (χ0v) is 15.5. The van der Waals surface area contributed by atoms with Crippen molar-refractivity contribution in [1.29, 1.82) is 0 Å². The van der Waals surface area contributed by atoms with Gasteiger partial charge in [-0.3, -0.25) is 14.6 Å². The molecule has 27 heavy (non-hydrogen) atoms. The average molecular weight is 359 g/mol. The molecule has 4 rings (SSSR count). The minimum Gasteiger partial charge on any atom is -0.360 e. The monoisotopic (exact) mass is 359 g/mol. The molecule has 4 heteroatoms. The van der Waals surface area contributed by atoms with Crippen LogP contribution in [0, 0.1) is 0 Å². The van der Waals surface area contributed by atoms with Gasteiger partial charge < -0.3 is 4.98 Å². The minimum atomic E-state index is 0.199. The van der Waals surface area contributed by atoms with Crippen LogP contribution in [0.2, 0.25) is 0 Å². The maximum absolute atomic E-state index is 12.7. The van der Waals surface area contributed by atoms with Crippen LogP contribution in [-0.2, 0) is 0 Å². The van der Waals surface area contributed by atoms with Crippen LogP contribution >= 0.6 is 0 Å². The molecule has 0 amide bonds. The number of nitrogens with zero attached hydrogens (tertiary/aromatic N) is 2. The summed E-state index contributed by atoms with van der Waals surface area (Å²) in [5.41, 5.74) is 3.06. The molecule has 1 N–H and O–H groups in total. The van der Waals surface area contributed by atoms with Gasteiger partial charge in [-0.2, -0.15) is 0 Å². The third-order valence-electron chi connectivity index (χ3n) is 5.20. The third-order valence-corrected chi connectivity index (χ3v) is 5.20. The van der Waals surface area contributed by atoms with Gasteiger partial charge in [0.15, 0.2) is 5.78 Å². The zero-order chi connectivity index (χ0) is 18.5. The fraction of sp³-hybridized carbons (Fsp3) is 0.261. The number of ketones is 1. The molecular weight excluding hydrogens is 334 g/mol. The molecule has 1 fully saturated rings. The molecule has 0 bridgehead atoms. The lowest BCUT2D eigenvalue weighted by atomic mass is 10.1. The summed E-state index contributed by atoms with van der Waals surface area (Å²) >= 11 is 0. The summed E-state index contributed by atoms with van der Waals surface area (Å²) in [6.45, 7) is 5.33. The van der Waals surface area contributed by atoms with E-state index in [1.54, 1.807) is 0 Å². The summed E-state index contributed by atoms with van der Waals surface area (Å²) < 4.78 is 0. The van der Waals surface area contributed by atoms with E-state index in [2.05, 4.69) is 51.2 Å². The first-order valence-electron chi connectivity index (χ1n) is 9.55. The number of H-pyrrole nitrogens is 1. The number of benzene rings is 2. The van der Waals surface area contributed by atoms with Crippen molar-refractivity contribution in [3.63, 3.8) is 0 Å². The fourth-order valence-electron chi connectivity index (χ4n) is 3.62. The quantitative estimate of drug-likeness (QED) is 0.683. The molecule has 1 aromatic heterocycles. The number of nitrogens with one attached hydrogen (secondary N) is 1. The van der Waals surface area contributed by atoms with Crippen LogP contribution in [-0.4, -0.2) is 59.8 Å². The second kappa shape index (κ2) is 8.33. The van der Waals surface area contributed by atoms with E-state index in [0.29, 0.717) is 6.54 Å². The topological polar surface area (TPSA) is 39.3 Å². The van der Waals surface area contributed by atoms with Crippen molar-refractivity contribution < 1.29 is 4.79 Å². The van der Waals surface area contributed by atoms with Crippen molar-refractivity contribution in [1.82, 2.24) is 14.8 Å². The number of piperazine rings is 1. The van der Waals surface area contributed by atoms with Gasteiger partial charge in [0.1, 0.15) is 0 Å². The summed E-state index contributed by atoms with van der Waals surface area (Å²) in [4.78, 5) is 20.6. The predicted octanol–water partition coefficient (Wildman–Crippen LogP) is 3.68. The normalized spacial score (nSPS) is 16.3. The summed E-state index contributed by atoms with van der Waals surface area (Å²) in [5.74, 6) is 0.199. The minimum absolute atomic E-state index is 0.199. The predicted molar refractivity (Wildman–Crippen MR) is 111 cm³/mol. The number of fused-ring (bicyclic) bond motifs is 1. The summed E-state index contributed by atoms with van der Waals surface area (Å²) in [6, 6.07) is 18.4. The molecule has 2 aromatic carbocycles. The average Bonchev–Trinajstić information content (AvgIpc) is 3.14. The number of hydrogen-bond donors (Lipinski definition) is 1.